The largest absolute Gasteiger partial charge is 0.309 e. The van der Waals surface area contributed by atoms with Crippen LogP contribution >= 0.6 is 0 Å². The van der Waals surface area contributed by atoms with Crippen molar-refractivity contribution < 1.29 is 26.0 Å². The molecule has 0 saturated heterocycles. The summed E-state index contributed by atoms with van der Waals surface area (Å²) in [6, 6.07) is 21.1. The maximum absolute atomic E-state index is 10.2. The molecule has 0 unspecified atom stereocenters. The van der Waals surface area contributed by atoms with Crippen LogP contribution in [0.2, 0.25) is 0 Å². The summed E-state index contributed by atoms with van der Waals surface area (Å²) in [7, 11) is 0. The average Bonchev–Trinajstić information content (AvgIpc) is 1.59. The van der Waals surface area contributed by atoms with Crippen molar-refractivity contribution in [3.8, 4) is 44.8 Å². The van der Waals surface area contributed by atoms with Crippen molar-refractivity contribution in [1.29, 1.82) is 0 Å². The zero-order chi connectivity index (χ0) is 57.7. The molecule has 0 spiro atoms. The van der Waals surface area contributed by atoms with E-state index in [1.807, 2.05) is 72.8 Å². The number of rotatable bonds is 5. The first-order valence-electron chi connectivity index (χ1n) is 29.7. The molecule has 3 heteroatoms. The summed E-state index contributed by atoms with van der Waals surface area (Å²) in [6.07, 6.45) is 0. The number of hydrogen-bond acceptors (Lipinski definition) is 0. The summed E-state index contributed by atoms with van der Waals surface area (Å²) in [5.41, 5.74) is 1.87. The number of aromatic nitrogens is 3. The third kappa shape index (κ3) is 4.90. The lowest BCUT2D eigenvalue weighted by molar-refractivity contribution is 1.18. The maximum Gasteiger partial charge on any atom is 0.0645 e. The minimum Gasteiger partial charge on any atom is -0.309 e. The summed E-state index contributed by atoms with van der Waals surface area (Å²) >= 11 is 0. The molecule has 4 heterocycles. The van der Waals surface area contributed by atoms with Gasteiger partial charge in [0.05, 0.1) is 64.7 Å². The van der Waals surface area contributed by atoms with Crippen LogP contribution in [0, 0.1) is 0 Å². The van der Waals surface area contributed by atoms with Gasteiger partial charge < -0.3 is 13.5 Å². The lowest BCUT2D eigenvalue weighted by Crippen LogP contribution is -1.94. The fourth-order valence-electron chi connectivity index (χ4n) is 9.28. The van der Waals surface area contributed by atoms with E-state index in [2.05, 4.69) is 0 Å². The van der Waals surface area contributed by atoms with E-state index in [0.29, 0.717) is 11.4 Å². The van der Waals surface area contributed by atoms with Gasteiger partial charge in [-0.3, -0.25) is 0 Å². The standard InChI is InChI=1S/C60H37N3/c1-3-12-38(13-4-1)40-24-30-44(31-25-40)61-52-20-8-7-16-46(52)50-36-42(28-34-53(50)61)43-29-35-54-51(37-43)49-19-9-18-48-47-17-10-21-55-58(47)59-56(22-11-23-57(59)63(54)60(48)49)62(55)45-32-26-41(27-33-45)39-14-5-2-6-15-39/h1-37H/i7D,8D,9D,10D,11D,16D,17D,18D,19D,20D,21D,22D,23D,28D,29D,34D,35D,36D,37D. The Morgan fingerprint density at radius 2 is 0.730 bits per heavy atom. The van der Waals surface area contributed by atoms with E-state index in [4.69, 9.17) is 2.74 Å². The van der Waals surface area contributed by atoms with Crippen molar-refractivity contribution in [1.82, 2.24) is 13.5 Å². The Labute approximate surface area is 389 Å². The Morgan fingerprint density at radius 3 is 1.40 bits per heavy atom. The SMILES string of the molecule is [2H]c1c([2H])c([2H])c2c(c1[2H])c1c([2H])c(-c3c([2H])c([2H])c4c(c3[2H])c3c([2H])c([2H])c([2H])c5c6c([2H])c([2H])c([2H])c7c6c6c(c([2H])c([2H])c([2H])c6n4c53)n7-c3ccc(-c4ccccc4)cc3)c([2H])c([2H])c1n2-c1ccc(-c2ccccc2)cc1. The highest BCUT2D eigenvalue weighted by molar-refractivity contribution is 6.31. The topological polar surface area (TPSA) is 14.3 Å². The highest BCUT2D eigenvalue weighted by Crippen LogP contribution is 2.45. The van der Waals surface area contributed by atoms with Gasteiger partial charge in [0, 0.05) is 49.1 Å². The van der Waals surface area contributed by atoms with Gasteiger partial charge in [-0.05, 0) is 111 Å². The fraction of sp³-hybridized carbons (Fsp3) is 0. The molecule has 0 aliphatic carbocycles. The molecular formula is C60H37N3. The predicted octanol–water partition coefficient (Wildman–Crippen LogP) is 16.0. The van der Waals surface area contributed by atoms with E-state index in [9.17, 15) is 23.3 Å². The van der Waals surface area contributed by atoms with E-state index in [1.165, 1.54) is 13.5 Å². The molecule has 3 nitrogen and oxygen atoms in total. The molecule has 0 N–H and O–H groups in total. The van der Waals surface area contributed by atoms with E-state index in [1.54, 1.807) is 36.4 Å². The molecule has 10 aromatic carbocycles. The third-order valence-electron chi connectivity index (χ3n) is 12.1. The Bertz CT molecular complexity index is 5230. The van der Waals surface area contributed by atoms with Gasteiger partial charge in [0.1, 0.15) is 0 Å². The van der Waals surface area contributed by atoms with Crippen molar-refractivity contribution in [3.63, 3.8) is 0 Å². The Morgan fingerprint density at radius 1 is 0.286 bits per heavy atom. The molecule has 292 valence electrons. The molecular weight excluding hydrogens is 763 g/mol. The molecule has 0 bridgehead atoms. The van der Waals surface area contributed by atoms with Gasteiger partial charge in [0.15, 0.2) is 0 Å². The highest BCUT2D eigenvalue weighted by atomic mass is 15.0. The second kappa shape index (κ2) is 13.1. The molecule has 0 atom stereocenters. The molecule has 0 amide bonds. The minimum atomic E-state index is -0.790. The molecule has 63 heavy (non-hydrogen) atoms. The molecule has 0 aliphatic heterocycles. The summed E-state index contributed by atoms with van der Waals surface area (Å²) in [6.45, 7) is 0. The average molecular weight is 819 g/mol. The van der Waals surface area contributed by atoms with Crippen LogP contribution in [-0.2, 0) is 0 Å². The van der Waals surface area contributed by atoms with Crippen LogP contribution in [0.5, 0.6) is 0 Å². The van der Waals surface area contributed by atoms with Gasteiger partial charge in [-0.1, -0.05) is 151 Å². The van der Waals surface area contributed by atoms with Gasteiger partial charge in [-0.15, -0.1) is 0 Å². The Kier molecular flexibility index (Phi) is 4.33. The van der Waals surface area contributed by atoms with Crippen molar-refractivity contribution in [2.75, 3.05) is 0 Å². The molecule has 14 rings (SSSR count). The lowest BCUT2D eigenvalue weighted by Gasteiger charge is -2.10. The van der Waals surface area contributed by atoms with E-state index in [-0.39, 0.29) is 81.7 Å². The summed E-state index contributed by atoms with van der Waals surface area (Å²) in [5, 5.41) is -1.47. The van der Waals surface area contributed by atoms with E-state index >= 15 is 0 Å². The number of para-hydroxylation sites is 2. The number of benzene rings is 10. The number of fused-ring (bicyclic) bond motifs is 8. The van der Waals surface area contributed by atoms with Crippen LogP contribution in [0.1, 0.15) is 26.0 Å². The van der Waals surface area contributed by atoms with Crippen molar-refractivity contribution in [2.45, 2.75) is 0 Å². The summed E-state index contributed by atoms with van der Waals surface area (Å²) in [4.78, 5) is 0. The van der Waals surface area contributed by atoms with Gasteiger partial charge in [0.25, 0.3) is 0 Å². The van der Waals surface area contributed by atoms with Crippen LogP contribution in [0.25, 0.3) is 126 Å². The molecule has 0 radical (unpaired) electrons. The zero-order valence-electron chi connectivity index (χ0n) is 51.7. The maximum atomic E-state index is 10.2. The summed E-state index contributed by atoms with van der Waals surface area (Å²) in [5.74, 6) is 0. The molecule has 4 aromatic heterocycles. The molecule has 0 saturated carbocycles. The minimum absolute atomic E-state index is 0.0130. The Hall–Kier alpha value is -8.40. The fourth-order valence-corrected chi connectivity index (χ4v) is 9.28. The first kappa shape index (κ1) is 20.9. The van der Waals surface area contributed by atoms with Crippen LogP contribution in [0.3, 0.4) is 0 Å². The normalized spacial score (nSPS) is 16.3. The predicted molar refractivity (Wildman–Crippen MR) is 266 cm³/mol. The Balaban J connectivity index is 1.15. The summed E-state index contributed by atoms with van der Waals surface area (Å²) < 4.78 is 186. The number of nitrogens with zero attached hydrogens (tertiary/aromatic N) is 3. The zero-order valence-corrected chi connectivity index (χ0v) is 32.7. The first-order chi connectivity index (χ1) is 39.2. The quantitative estimate of drug-likeness (QED) is 0.164. The van der Waals surface area contributed by atoms with Crippen LogP contribution < -0.4 is 0 Å². The van der Waals surface area contributed by atoms with Crippen molar-refractivity contribution in [3.05, 3.63) is 224 Å². The molecule has 0 fully saturated rings. The molecule has 14 aromatic rings. The van der Waals surface area contributed by atoms with Crippen LogP contribution in [-0.4, -0.2) is 13.5 Å². The lowest BCUT2D eigenvalue weighted by atomic mass is 9.99. The van der Waals surface area contributed by atoms with E-state index < -0.39 is 126 Å². The first-order valence-corrected chi connectivity index (χ1v) is 20.2. The van der Waals surface area contributed by atoms with Crippen molar-refractivity contribution >= 4 is 81.7 Å². The van der Waals surface area contributed by atoms with Crippen molar-refractivity contribution in [2.24, 2.45) is 0 Å². The second-order valence-corrected chi connectivity index (χ2v) is 15.4. The van der Waals surface area contributed by atoms with Gasteiger partial charge >= 0.3 is 0 Å². The third-order valence-corrected chi connectivity index (χ3v) is 12.1. The second-order valence-electron chi connectivity index (χ2n) is 15.4. The number of hydrogen-bond donors (Lipinski definition) is 0. The van der Waals surface area contributed by atoms with Crippen LogP contribution in [0.4, 0.5) is 0 Å². The van der Waals surface area contributed by atoms with Gasteiger partial charge in [0.2, 0.25) is 0 Å². The van der Waals surface area contributed by atoms with E-state index in [0.717, 1.165) is 22.3 Å². The highest BCUT2D eigenvalue weighted by Gasteiger charge is 2.22. The van der Waals surface area contributed by atoms with Gasteiger partial charge in [-0.2, -0.15) is 0 Å². The monoisotopic (exact) mass is 818 g/mol. The molecule has 0 aliphatic rings. The van der Waals surface area contributed by atoms with Crippen LogP contribution in [0.15, 0.2) is 224 Å². The van der Waals surface area contributed by atoms with Gasteiger partial charge in [-0.25, -0.2) is 0 Å². The smallest absolute Gasteiger partial charge is 0.0645 e.